The number of nitro groups is 1. The zero-order valence-electron chi connectivity index (χ0n) is 11.0. The highest BCUT2D eigenvalue weighted by atomic mass is 32.2. The normalized spacial score (nSPS) is 24.2. The lowest BCUT2D eigenvalue weighted by atomic mass is 10.1. The van der Waals surface area contributed by atoms with Gasteiger partial charge in [-0.3, -0.25) is 14.3 Å². The monoisotopic (exact) mass is 298 g/mol. The van der Waals surface area contributed by atoms with Crippen LogP contribution in [0.5, 0.6) is 0 Å². The minimum Gasteiger partial charge on any atom is -0.387 e. The van der Waals surface area contributed by atoms with Crippen molar-refractivity contribution < 1.29 is 14.2 Å². The summed E-state index contributed by atoms with van der Waals surface area (Å²) in [6.45, 7) is 0.398. The zero-order chi connectivity index (χ0) is 14.5. The zero-order valence-corrected chi connectivity index (χ0v) is 11.8. The Morgan fingerprint density at radius 3 is 2.50 bits per heavy atom. The van der Waals surface area contributed by atoms with Crippen molar-refractivity contribution in [2.75, 3.05) is 18.1 Å². The maximum Gasteiger partial charge on any atom is 0.269 e. The number of nitro benzene ring substituents is 1. The first kappa shape index (κ1) is 15.1. The summed E-state index contributed by atoms with van der Waals surface area (Å²) in [7, 11) is -0.685. The topological polar surface area (TPSA) is 92.5 Å². The molecule has 1 unspecified atom stereocenters. The molecular weight excluding hydrogens is 280 g/mol. The van der Waals surface area contributed by atoms with E-state index < -0.39 is 21.8 Å². The molecule has 1 aromatic carbocycles. The molecule has 20 heavy (non-hydrogen) atoms. The number of hydrogen-bond acceptors (Lipinski definition) is 5. The molecule has 0 amide bonds. The van der Waals surface area contributed by atoms with Crippen LogP contribution in [0, 0.1) is 10.1 Å². The van der Waals surface area contributed by atoms with E-state index in [0.29, 0.717) is 29.7 Å². The number of non-ortho nitro benzene ring substituents is 1. The van der Waals surface area contributed by atoms with Crippen LogP contribution in [0.15, 0.2) is 24.3 Å². The van der Waals surface area contributed by atoms with Crippen molar-refractivity contribution in [3.05, 3.63) is 39.9 Å². The smallest absolute Gasteiger partial charge is 0.269 e. The second-order valence-electron chi connectivity index (χ2n) is 4.90. The number of benzene rings is 1. The molecule has 1 heterocycles. The molecule has 0 radical (unpaired) electrons. The van der Waals surface area contributed by atoms with Crippen LogP contribution in [-0.4, -0.2) is 38.3 Å². The second-order valence-corrected chi connectivity index (χ2v) is 6.59. The Bertz CT molecular complexity index is 482. The van der Waals surface area contributed by atoms with E-state index in [1.165, 1.54) is 12.1 Å². The number of rotatable bonds is 5. The van der Waals surface area contributed by atoms with E-state index in [2.05, 4.69) is 5.32 Å². The Hall–Kier alpha value is -1.31. The van der Waals surface area contributed by atoms with Gasteiger partial charge in [0.2, 0.25) is 0 Å². The van der Waals surface area contributed by atoms with Crippen LogP contribution >= 0.6 is 0 Å². The fraction of sp³-hybridized carbons (Fsp3) is 0.538. The maximum absolute atomic E-state index is 11.2. The molecule has 2 rings (SSSR count). The van der Waals surface area contributed by atoms with E-state index in [4.69, 9.17) is 0 Å². The minimum absolute atomic E-state index is 0.0173. The average Bonchev–Trinajstić information content (AvgIpc) is 2.46. The molecule has 0 saturated carbocycles. The summed E-state index contributed by atoms with van der Waals surface area (Å²) in [4.78, 5) is 10.1. The summed E-state index contributed by atoms with van der Waals surface area (Å²) in [5, 5.41) is 23.8. The summed E-state index contributed by atoms with van der Waals surface area (Å²) in [6.07, 6.45) is 1.03. The summed E-state index contributed by atoms with van der Waals surface area (Å²) >= 11 is 0. The number of aliphatic hydroxyl groups excluding tert-OH is 1. The number of hydrogen-bond donors (Lipinski definition) is 2. The van der Waals surface area contributed by atoms with Gasteiger partial charge in [0.15, 0.2) is 0 Å². The molecule has 2 N–H and O–H groups in total. The first-order valence-electron chi connectivity index (χ1n) is 6.57. The first-order valence-corrected chi connectivity index (χ1v) is 8.06. The fourth-order valence-corrected chi connectivity index (χ4v) is 3.51. The van der Waals surface area contributed by atoms with Gasteiger partial charge in [0, 0.05) is 47.0 Å². The number of nitrogens with one attached hydrogen (secondary N) is 1. The van der Waals surface area contributed by atoms with Crippen molar-refractivity contribution in [3.8, 4) is 0 Å². The number of nitrogens with zero attached hydrogens (tertiary/aromatic N) is 1. The summed E-state index contributed by atoms with van der Waals surface area (Å²) < 4.78 is 11.2. The molecule has 7 heteroatoms. The molecule has 1 atom stereocenters. The van der Waals surface area contributed by atoms with Crippen molar-refractivity contribution in [2.45, 2.75) is 25.0 Å². The Morgan fingerprint density at radius 2 is 1.95 bits per heavy atom. The van der Waals surface area contributed by atoms with E-state index in [-0.39, 0.29) is 5.69 Å². The van der Waals surface area contributed by atoms with Gasteiger partial charge in [-0.25, -0.2) is 0 Å². The molecule has 0 bridgehead atoms. The van der Waals surface area contributed by atoms with E-state index >= 15 is 0 Å². The largest absolute Gasteiger partial charge is 0.387 e. The minimum atomic E-state index is -0.691. The lowest BCUT2D eigenvalue weighted by Crippen LogP contribution is -2.37. The Kier molecular flexibility index (Phi) is 5.22. The molecule has 1 aliphatic heterocycles. The first-order chi connectivity index (χ1) is 9.56. The third kappa shape index (κ3) is 4.09. The molecule has 1 aromatic rings. The van der Waals surface area contributed by atoms with Crippen LogP contribution in [0.2, 0.25) is 0 Å². The van der Waals surface area contributed by atoms with Gasteiger partial charge in [-0.2, -0.15) is 0 Å². The van der Waals surface area contributed by atoms with Crippen LogP contribution in [-0.2, 0) is 10.8 Å². The fourth-order valence-electron chi connectivity index (χ4n) is 2.21. The summed E-state index contributed by atoms with van der Waals surface area (Å²) in [5.41, 5.74) is 0.672. The Labute approximate surface area is 119 Å². The van der Waals surface area contributed by atoms with Crippen LogP contribution < -0.4 is 5.32 Å². The van der Waals surface area contributed by atoms with Crippen LogP contribution in [0.25, 0.3) is 0 Å². The molecular formula is C13H18N2O4S. The van der Waals surface area contributed by atoms with Gasteiger partial charge in [-0.05, 0) is 30.5 Å². The molecule has 110 valence electrons. The molecule has 1 aliphatic rings. The van der Waals surface area contributed by atoms with Crippen molar-refractivity contribution in [1.82, 2.24) is 5.32 Å². The van der Waals surface area contributed by atoms with Gasteiger partial charge in [0.1, 0.15) is 0 Å². The van der Waals surface area contributed by atoms with E-state index in [1.807, 2.05) is 0 Å². The van der Waals surface area contributed by atoms with Gasteiger partial charge in [-0.15, -0.1) is 0 Å². The van der Waals surface area contributed by atoms with Gasteiger partial charge in [0.25, 0.3) is 5.69 Å². The van der Waals surface area contributed by atoms with Crippen LogP contribution in [0.1, 0.15) is 24.5 Å². The van der Waals surface area contributed by atoms with E-state index in [0.717, 1.165) is 12.8 Å². The predicted octanol–water partition coefficient (Wildman–Crippen LogP) is 1.13. The van der Waals surface area contributed by atoms with Crippen molar-refractivity contribution >= 4 is 16.5 Å². The molecule has 1 saturated heterocycles. The van der Waals surface area contributed by atoms with Gasteiger partial charge < -0.3 is 10.4 Å². The van der Waals surface area contributed by atoms with Gasteiger partial charge in [-0.1, -0.05) is 0 Å². The quantitative estimate of drug-likeness (QED) is 0.628. The highest BCUT2D eigenvalue weighted by Crippen LogP contribution is 2.18. The lowest BCUT2D eigenvalue weighted by molar-refractivity contribution is -0.384. The lowest BCUT2D eigenvalue weighted by Gasteiger charge is -2.24. The molecule has 0 spiro atoms. The summed E-state index contributed by atoms with van der Waals surface area (Å²) in [5.74, 6) is 1.43. The standard InChI is InChI=1S/C13H18N2O4S/c16-13(9-14-11-5-7-20(19)8-6-11)10-1-3-12(4-2-10)15(17)18/h1-4,11,13-14,16H,5-9H2. The maximum atomic E-state index is 11.2. The van der Waals surface area contributed by atoms with Gasteiger partial charge >= 0.3 is 0 Å². The average molecular weight is 298 g/mol. The van der Waals surface area contributed by atoms with Crippen molar-refractivity contribution in [1.29, 1.82) is 0 Å². The third-order valence-electron chi connectivity index (χ3n) is 3.48. The van der Waals surface area contributed by atoms with Crippen molar-refractivity contribution in [3.63, 3.8) is 0 Å². The van der Waals surface area contributed by atoms with E-state index in [1.54, 1.807) is 12.1 Å². The van der Waals surface area contributed by atoms with E-state index in [9.17, 15) is 19.4 Å². The highest BCUT2D eigenvalue weighted by molar-refractivity contribution is 7.85. The Morgan fingerprint density at radius 1 is 1.35 bits per heavy atom. The second kappa shape index (κ2) is 6.92. The molecule has 0 aromatic heterocycles. The van der Waals surface area contributed by atoms with Crippen LogP contribution in [0.3, 0.4) is 0 Å². The van der Waals surface area contributed by atoms with Crippen LogP contribution in [0.4, 0.5) is 5.69 Å². The van der Waals surface area contributed by atoms with Crippen molar-refractivity contribution in [2.24, 2.45) is 0 Å². The molecule has 0 aliphatic carbocycles. The summed E-state index contributed by atoms with van der Waals surface area (Å²) in [6, 6.07) is 6.21. The molecule has 6 nitrogen and oxygen atoms in total. The third-order valence-corrected chi connectivity index (χ3v) is 4.86. The predicted molar refractivity (Wildman–Crippen MR) is 77.0 cm³/mol. The highest BCUT2D eigenvalue weighted by Gasteiger charge is 2.18. The molecule has 1 fully saturated rings. The Balaban J connectivity index is 1.83. The SMILES string of the molecule is O=[N+]([O-])c1ccc(C(O)CNC2CCS(=O)CC2)cc1. The van der Waals surface area contributed by atoms with Gasteiger partial charge in [0.05, 0.1) is 11.0 Å². The number of aliphatic hydroxyl groups is 1.